The molecule has 1 aromatic rings. The smallest absolute Gasteiger partial charge is 0.245 e. The minimum absolute atomic E-state index is 0.0481. The Morgan fingerprint density at radius 1 is 1.12 bits per heavy atom. The van der Waals surface area contributed by atoms with Crippen molar-refractivity contribution in [3.05, 3.63) is 35.4 Å². The first kappa shape index (κ1) is 17.9. The third kappa shape index (κ3) is 3.71. The van der Waals surface area contributed by atoms with Gasteiger partial charge in [-0.25, -0.2) is 0 Å². The van der Waals surface area contributed by atoms with Gasteiger partial charge in [-0.05, 0) is 24.6 Å². The zero-order chi connectivity index (χ0) is 18.0. The molecule has 0 N–H and O–H groups in total. The summed E-state index contributed by atoms with van der Waals surface area (Å²) in [7, 11) is 2.08. The van der Waals surface area contributed by atoms with E-state index in [0.29, 0.717) is 13.0 Å². The van der Waals surface area contributed by atoms with Crippen molar-refractivity contribution in [2.24, 2.45) is 5.92 Å². The van der Waals surface area contributed by atoms with Crippen molar-refractivity contribution in [1.29, 1.82) is 0 Å². The number of rotatable bonds is 3. The maximum absolute atomic E-state index is 13.2. The number of piperazine rings is 1. The van der Waals surface area contributed by atoms with Crippen LogP contribution in [0.1, 0.15) is 31.4 Å². The van der Waals surface area contributed by atoms with Crippen LogP contribution in [0.5, 0.6) is 0 Å². The monoisotopic (exact) mass is 343 g/mol. The molecule has 1 fully saturated rings. The van der Waals surface area contributed by atoms with Crippen molar-refractivity contribution >= 4 is 11.8 Å². The number of hydrogen-bond acceptors (Lipinski definition) is 3. The summed E-state index contributed by atoms with van der Waals surface area (Å²) in [4.78, 5) is 32.2. The summed E-state index contributed by atoms with van der Waals surface area (Å²) in [6, 6.07) is 7.82. The van der Waals surface area contributed by atoms with Crippen molar-refractivity contribution in [2.75, 3.05) is 33.2 Å². The van der Waals surface area contributed by atoms with Gasteiger partial charge in [0, 0.05) is 45.1 Å². The van der Waals surface area contributed by atoms with Crippen LogP contribution >= 0.6 is 0 Å². The summed E-state index contributed by atoms with van der Waals surface area (Å²) in [6.45, 7) is 7.82. The summed E-state index contributed by atoms with van der Waals surface area (Å²) < 4.78 is 0. The van der Waals surface area contributed by atoms with Crippen molar-refractivity contribution in [3.63, 3.8) is 0 Å². The lowest BCUT2D eigenvalue weighted by molar-refractivity contribution is -0.150. The molecule has 2 aliphatic heterocycles. The largest absolute Gasteiger partial charge is 0.338 e. The summed E-state index contributed by atoms with van der Waals surface area (Å²) in [5.41, 5.74) is 2.37. The number of carbonyl (C=O) groups is 2. The SMILES string of the molecule is CC[C@@H](C)C(=O)N1Cc2ccccc2C[C@@H]1C(=O)N1CCN(C)CC1. The highest BCUT2D eigenvalue weighted by atomic mass is 16.2. The molecule has 136 valence electrons. The molecule has 1 aromatic carbocycles. The van der Waals surface area contributed by atoms with Crippen LogP contribution in [0.25, 0.3) is 0 Å². The van der Waals surface area contributed by atoms with Crippen LogP contribution in [0, 0.1) is 5.92 Å². The molecule has 2 aliphatic rings. The first-order valence-electron chi connectivity index (χ1n) is 9.35. The van der Waals surface area contributed by atoms with E-state index in [1.54, 1.807) is 0 Å². The second-order valence-electron chi connectivity index (χ2n) is 7.39. The lowest BCUT2D eigenvalue weighted by atomic mass is 9.91. The predicted octanol–water partition coefficient (Wildman–Crippen LogP) is 1.76. The summed E-state index contributed by atoms with van der Waals surface area (Å²) in [5.74, 6) is 0.164. The zero-order valence-electron chi connectivity index (χ0n) is 15.6. The molecule has 2 heterocycles. The lowest BCUT2D eigenvalue weighted by Crippen LogP contribution is -2.57. The maximum atomic E-state index is 13.2. The van der Waals surface area contributed by atoms with Gasteiger partial charge in [-0.3, -0.25) is 9.59 Å². The molecule has 5 nitrogen and oxygen atoms in total. The molecular formula is C20H29N3O2. The second kappa shape index (κ2) is 7.56. The highest BCUT2D eigenvalue weighted by Crippen LogP contribution is 2.26. The normalized spacial score (nSPS) is 22.4. The number of amides is 2. The van der Waals surface area contributed by atoms with Gasteiger partial charge in [0.1, 0.15) is 6.04 Å². The van der Waals surface area contributed by atoms with Crippen LogP contribution in [-0.4, -0.2) is 65.8 Å². The first-order chi connectivity index (χ1) is 12.0. The van der Waals surface area contributed by atoms with Crippen molar-refractivity contribution in [1.82, 2.24) is 14.7 Å². The average molecular weight is 343 g/mol. The van der Waals surface area contributed by atoms with Crippen LogP contribution in [0.15, 0.2) is 24.3 Å². The molecule has 0 bridgehead atoms. The van der Waals surface area contributed by atoms with Crippen LogP contribution in [-0.2, 0) is 22.6 Å². The Balaban J connectivity index is 1.85. The highest BCUT2D eigenvalue weighted by molar-refractivity contribution is 5.89. The topological polar surface area (TPSA) is 43.9 Å². The summed E-state index contributed by atoms with van der Waals surface area (Å²) >= 11 is 0. The molecule has 0 saturated carbocycles. The Morgan fingerprint density at radius 2 is 1.76 bits per heavy atom. The van der Waals surface area contributed by atoms with E-state index in [9.17, 15) is 9.59 Å². The zero-order valence-corrected chi connectivity index (χ0v) is 15.6. The van der Waals surface area contributed by atoms with Crippen LogP contribution in [0.2, 0.25) is 0 Å². The number of carbonyl (C=O) groups excluding carboxylic acids is 2. The summed E-state index contributed by atoms with van der Waals surface area (Å²) in [5, 5.41) is 0. The minimum atomic E-state index is -0.361. The molecule has 5 heteroatoms. The second-order valence-corrected chi connectivity index (χ2v) is 7.39. The Hall–Kier alpha value is -1.88. The van der Waals surface area contributed by atoms with E-state index in [4.69, 9.17) is 0 Å². The van der Waals surface area contributed by atoms with Crippen molar-refractivity contribution in [3.8, 4) is 0 Å². The molecule has 0 spiro atoms. The molecule has 0 unspecified atom stereocenters. The molecule has 0 aromatic heterocycles. The number of nitrogens with zero attached hydrogens (tertiary/aromatic N) is 3. The summed E-state index contributed by atoms with van der Waals surface area (Å²) in [6.07, 6.45) is 1.43. The van der Waals surface area contributed by atoms with Gasteiger partial charge < -0.3 is 14.7 Å². The van der Waals surface area contributed by atoms with E-state index in [0.717, 1.165) is 32.6 Å². The van der Waals surface area contributed by atoms with Crippen LogP contribution < -0.4 is 0 Å². The van der Waals surface area contributed by atoms with E-state index >= 15 is 0 Å². The quantitative estimate of drug-likeness (QED) is 0.840. The Morgan fingerprint density at radius 3 is 2.40 bits per heavy atom. The number of benzene rings is 1. The predicted molar refractivity (Wildman–Crippen MR) is 98.0 cm³/mol. The Bertz CT molecular complexity index is 638. The fourth-order valence-electron chi connectivity index (χ4n) is 3.67. The molecule has 3 rings (SSSR count). The van der Waals surface area contributed by atoms with Gasteiger partial charge in [0.15, 0.2) is 0 Å². The van der Waals surface area contributed by atoms with E-state index in [2.05, 4.69) is 24.1 Å². The molecule has 2 amide bonds. The fraction of sp³-hybridized carbons (Fsp3) is 0.600. The van der Waals surface area contributed by atoms with Crippen LogP contribution in [0.4, 0.5) is 0 Å². The molecule has 25 heavy (non-hydrogen) atoms. The van der Waals surface area contributed by atoms with E-state index in [1.807, 2.05) is 35.8 Å². The van der Waals surface area contributed by atoms with E-state index < -0.39 is 0 Å². The van der Waals surface area contributed by atoms with Gasteiger partial charge >= 0.3 is 0 Å². The number of likely N-dealkylation sites (N-methyl/N-ethyl adjacent to an activating group) is 1. The maximum Gasteiger partial charge on any atom is 0.245 e. The van der Waals surface area contributed by atoms with Gasteiger partial charge in [0.05, 0.1) is 0 Å². The van der Waals surface area contributed by atoms with Crippen LogP contribution in [0.3, 0.4) is 0 Å². The molecular weight excluding hydrogens is 314 g/mol. The van der Waals surface area contributed by atoms with Gasteiger partial charge in [0.2, 0.25) is 11.8 Å². The van der Waals surface area contributed by atoms with E-state index in [-0.39, 0.29) is 23.8 Å². The van der Waals surface area contributed by atoms with Crippen molar-refractivity contribution < 1.29 is 9.59 Å². The van der Waals surface area contributed by atoms with E-state index in [1.165, 1.54) is 11.1 Å². The third-order valence-corrected chi connectivity index (χ3v) is 5.67. The third-order valence-electron chi connectivity index (χ3n) is 5.67. The molecule has 0 radical (unpaired) electrons. The molecule has 1 saturated heterocycles. The molecule has 2 atom stereocenters. The van der Waals surface area contributed by atoms with Crippen molar-refractivity contribution in [2.45, 2.75) is 39.3 Å². The Labute approximate surface area is 150 Å². The number of hydrogen-bond donors (Lipinski definition) is 0. The van der Waals surface area contributed by atoms with Gasteiger partial charge in [-0.15, -0.1) is 0 Å². The first-order valence-corrected chi connectivity index (χ1v) is 9.35. The lowest BCUT2D eigenvalue weighted by Gasteiger charge is -2.41. The molecule has 0 aliphatic carbocycles. The Kier molecular flexibility index (Phi) is 5.42. The highest BCUT2D eigenvalue weighted by Gasteiger charge is 2.38. The fourth-order valence-corrected chi connectivity index (χ4v) is 3.67. The minimum Gasteiger partial charge on any atom is -0.338 e. The average Bonchev–Trinajstić information content (AvgIpc) is 2.65. The standard InChI is InChI=1S/C20H29N3O2/c1-4-15(2)19(24)23-14-17-8-6-5-7-16(17)13-18(23)20(25)22-11-9-21(3)10-12-22/h5-8,15,18H,4,9-14H2,1-3H3/t15-,18-/m1/s1. The number of fused-ring (bicyclic) bond motifs is 1. The van der Waals surface area contributed by atoms with Gasteiger partial charge in [-0.2, -0.15) is 0 Å². The van der Waals surface area contributed by atoms with Gasteiger partial charge in [-0.1, -0.05) is 38.1 Å². The van der Waals surface area contributed by atoms with Gasteiger partial charge in [0.25, 0.3) is 0 Å².